The molecular formula is C17H21N4O2S3+. The van der Waals surface area contributed by atoms with Gasteiger partial charge in [0.1, 0.15) is 25.2 Å². The summed E-state index contributed by atoms with van der Waals surface area (Å²) >= 11 is 4.69. The number of aliphatic hydroxyl groups excluding tert-OH is 1. The molecule has 3 rings (SSSR count). The van der Waals surface area contributed by atoms with Gasteiger partial charge in [-0.25, -0.2) is 9.56 Å². The van der Waals surface area contributed by atoms with Gasteiger partial charge in [0, 0.05) is 27.7 Å². The number of fused-ring (bicyclic) bond motifs is 1. The molecular weight excluding hydrogens is 388 g/mol. The van der Waals surface area contributed by atoms with E-state index in [1.54, 1.807) is 32.6 Å². The standard InChI is InChI=1S/C17H21N4O2S3/c1-4-10(5-6-20(2)3)11-8-25-17(19-11)26-13-9-24-16-14(18)15(23)21(16)12(13)7-22/h4-6,8,14,16,22H,2,7,9,18H2,1,3H3/q+1. The number of nitrogens with zero attached hydrogens (tertiary/aromatic N) is 3. The van der Waals surface area contributed by atoms with Crippen LogP contribution < -0.4 is 5.73 Å². The SMILES string of the molecule is C=[N+](C)C=CC(=CC)c1csc(SC2=C(CO)N3C(=O)C(N)C3SC2)n1. The molecule has 1 amide bonds. The summed E-state index contributed by atoms with van der Waals surface area (Å²) in [7, 11) is 1.87. The molecule has 1 fully saturated rings. The van der Waals surface area contributed by atoms with Crippen molar-refractivity contribution >= 4 is 53.1 Å². The van der Waals surface area contributed by atoms with Crippen molar-refractivity contribution in [3.8, 4) is 0 Å². The van der Waals surface area contributed by atoms with Gasteiger partial charge in [0.05, 0.1) is 18.0 Å². The number of amides is 1. The summed E-state index contributed by atoms with van der Waals surface area (Å²) < 4.78 is 2.61. The molecule has 3 heterocycles. The highest BCUT2D eigenvalue weighted by molar-refractivity contribution is 8.07. The second-order valence-electron chi connectivity index (χ2n) is 5.88. The highest BCUT2D eigenvalue weighted by atomic mass is 32.2. The molecule has 26 heavy (non-hydrogen) atoms. The molecule has 9 heteroatoms. The highest BCUT2D eigenvalue weighted by Crippen LogP contribution is 2.44. The molecule has 2 unspecified atom stereocenters. The number of nitrogens with two attached hydrogens (primary N) is 1. The van der Waals surface area contributed by atoms with E-state index in [9.17, 15) is 9.90 Å². The zero-order chi connectivity index (χ0) is 18.8. The van der Waals surface area contributed by atoms with Crippen LogP contribution in [-0.4, -0.2) is 63.0 Å². The van der Waals surface area contributed by atoms with E-state index in [-0.39, 0.29) is 17.9 Å². The molecule has 0 aliphatic carbocycles. The van der Waals surface area contributed by atoms with Gasteiger partial charge in [-0.2, -0.15) is 0 Å². The van der Waals surface area contributed by atoms with Crippen molar-refractivity contribution in [1.82, 2.24) is 9.88 Å². The van der Waals surface area contributed by atoms with E-state index in [1.807, 2.05) is 37.7 Å². The molecule has 2 atom stereocenters. The Bertz CT molecular complexity index is 828. The zero-order valence-corrected chi connectivity index (χ0v) is 17.0. The van der Waals surface area contributed by atoms with E-state index in [4.69, 9.17) is 5.73 Å². The normalized spacial score (nSPS) is 23.5. The monoisotopic (exact) mass is 409 g/mol. The first-order chi connectivity index (χ1) is 12.5. The number of hydrogen-bond acceptors (Lipinski definition) is 7. The minimum atomic E-state index is -0.463. The van der Waals surface area contributed by atoms with E-state index >= 15 is 0 Å². The van der Waals surface area contributed by atoms with E-state index < -0.39 is 6.04 Å². The summed E-state index contributed by atoms with van der Waals surface area (Å²) in [5.41, 5.74) is 8.41. The second kappa shape index (κ2) is 8.10. The van der Waals surface area contributed by atoms with Gasteiger partial charge in [0.25, 0.3) is 0 Å². The van der Waals surface area contributed by atoms with Gasteiger partial charge < -0.3 is 10.8 Å². The second-order valence-corrected chi connectivity index (χ2v) is 9.19. The lowest BCUT2D eigenvalue weighted by molar-refractivity contribution is -0.411. The third-order valence-electron chi connectivity index (χ3n) is 4.04. The minimum Gasteiger partial charge on any atom is -0.390 e. The van der Waals surface area contributed by atoms with Crippen LogP contribution in [0.15, 0.2) is 38.7 Å². The van der Waals surface area contributed by atoms with Crippen molar-refractivity contribution in [1.29, 1.82) is 0 Å². The Labute approximate surface area is 165 Å². The number of allylic oxidation sites excluding steroid dienone is 3. The molecule has 0 spiro atoms. The number of hydrogen-bond donors (Lipinski definition) is 2. The van der Waals surface area contributed by atoms with Crippen LogP contribution in [0.2, 0.25) is 0 Å². The fraction of sp³-hybridized carbons (Fsp3) is 0.353. The summed E-state index contributed by atoms with van der Waals surface area (Å²) in [6, 6.07) is -0.463. The third-order valence-corrected chi connectivity index (χ3v) is 7.59. The number of carbonyl (C=O) groups is 1. The number of rotatable bonds is 6. The van der Waals surface area contributed by atoms with Gasteiger partial charge in [0.15, 0.2) is 10.5 Å². The van der Waals surface area contributed by atoms with Crippen molar-refractivity contribution in [2.45, 2.75) is 22.7 Å². The number of aromatic nitrogens is 1. The fourth-order valence-electron chi connectivity index (χ4n) is 2.66. The van der Waals surface area contributed by atoms with Gasteiger partial charge in [-0.15, -0.1) is 23.1 Å². The first kappa shape index (κ1) is 19.4. The van der Waals surface area contributed by atoms with Crippen LogP contribution in [0.5, 0.6) is 0 Å². The van der Waals surface area contributed by atoms with Crippen LogP contribution in [0.4, 0.5) is 0 Å². The lowest BCUT2D eigenvalue weighted by Crippen LogP contribution is -2.68. The Morgan fingerprint density at radius 1 is 1.65 bits per heavy atom. The third kappa shape index (κ3) is 3.67. The molecule has 2 aliphatic rings. The first-order valence-electron chi connectivity index (χ1n) is 8.01. The van der Waals surface area contributed by atoms with Crippen LogP contribution in [0.25, 0.3) is 5.57 Å². The largest absolute Gasteiger partial charge is 0.390 e. The Hall–Kier alpha value is -1.39. The van der Waals surface area contributed by atoms with Gasteiger partial charge in [-0.3, -0.25) is 9.69 Å². The summed E-state index contributed by atoms with van der Waals surface area (Å²) in [4.78, 5) is 19.3. The Morgan fingerprint density at radius 2 is 2.42 bits per heavy atom. The van der Waals surface area contributed by atoms with Crippen LogP contribution in [-0.2, 0) is 4.79 Å². The molecule has 138 valence electrons. The van der Waals surface area contributed by atoms with Gasteiger partial charge in [-0.1, -0.05) is 17.8 Å². The lowest BCUT2D eigenvalue weighted by atomic mass is 10.1. The minimum absolute atomic E-state index is 0.0553. The molecule has 1 aromatic rings. The van der Waals surface area contributed by atoms with E-state index in [0.717, 1.165) is 26.3 Å². The summed E-state index contributed by atoms with van der Waals surface area (Å²) in [6.07, 6.45) is 5.85. The Balaban J connectivity index is 1.79. The molecule has 0 aromatic carbocycles. The predicted molar refractivity (Wildman–Crippen MR) is 109 cm³/mol. The lowest BCUT2D eigenvalue weighted by Gasteiger charge is -2.48. The van der Waals surface area contributed by atoms with E-state index in [1.165, 1.54) is 11.8 Å². The van der Waals surface area contributed by atoms with Gasteiger partial charge in [-0.05, 0) is 6.92 Å². The number of thiazole rings is 1. The zero-order valence-electron chi connectivity index (χ0n) is 14.6. The Kier molecular flexibility index (Phi) is 6.03. The van der Waals surface area contributed by atoms with Crippen LogP contribution in [0.1, 0.15) is 12.6 Å². The maximum Gasteiger partial charge on any atom is 0.247 e. The summed E-state index contributed by atoms with van der Waals surface area (Å²) in [6.45, 7) is 5.59. The van der Waals surface area contributed by atoms with Crippen molar-refractivity contribution in [3.05, 3.63) is 40.0 Å². The van der Waals surface area contributed by atoms with E-state index in [2.05, 4.69) is 11.7 Å². The molecule has 1 saturated heterocycles. The molecule has 1 aromatic heterocycles. The number of aliphatic hydroxyl groups is 1. The van der Waals surface area contributed by atoms with Crippen LogP contribution in [0, 0.1) is 0 Å². The average Bonchev–Trinajstić information content (AvgIpc) is 3.09. The molecule has 6 nitrogen and oxygen atoms in total. The molecule has 0 radical (unpaired) electrons. The first-order valence-corrected chi connectivity index (χ1v) is 10.8. The average molecular weight is 410 g/mol. The molecule has 3 N–H and O–H groups in total. The maximum absolute atomic E-state index is 12.0. The van der Waals surface area contributed by atoms with Crippen LogP contribution >= 0.6 is 34.9 Å². The van der Waals surface area contributed by atoms with E-state index in [0.29, 0.717) is 5.70 Å². The highest BCUT2D eigenvalue weighted by Gasteiger charge is 2.49. The predicted octanol–water partition coefficient (Wildman–Crippen LogP) is 1.94. The van der Waals surface area contributed by atoms with Crippen LogP contribution in [0.3, 0.4) is 0 Å². The Morgan fingerprint density at radius 3 is 3.08 bits per heavy atom. The molecule has 0 saturated carbocycles. The van der Waals surface area contributed by atoms with Crippen molar-refractivity contribution in [3.63, 3.8) is 0 Å². The van der Waals surface area contributed by atoms with Gasteiger partial charge >= 0.3 is 0 Å². The number of carbonyl (C=O) groups excluding carboxylic acids is 1. The quantitative estimate of drug-likeness (QED) is 0.323. The number of β-lactam (4-membered cyclic amide) rings is 1. The fourth-order valence-corrected chi connectivity index (χ4v) is 6.12. The van der Waals surface area contributed by atoms with Gasteiger partial charge in [0.2, 0.25) is 5.91 Å². The number of thioether (sulfide) groups is 2. The topological polar surface area (TPSA) is 82.5 Å². The molecule has 0 bridgehead atoms. The summed E-state index contributed by atoms with van der Waals surface area (Å²) in [5.74, 6) is 0.600. The van der Waals surface area contributed by atoms with Crippen molar-refractivity contribution in [2.24, 2.45) is 5.73 Å². The summed E-state index contributed by atoms with van der Waals surface area (Å²) in [5, 5.41) is 11.7. The van der Waals surface area contributed by atoms with Crippen molar-refractivity contribution < 1.29 is 14.5 Å². The maximum atomic E-state index is 12.0. The molecule has 2 aliphatic heterocycles. The van der Waals surface area contributed by atoms with Crippen molar-refractivity contribution in [2.75, 3.05) is 19.4 Å². The smallest absolute Gasteiger partial charge is 0.247 e.